The molecule has 3 rings (SSSR count). The molecule has 0 aliphatic heterocycles. The number of amides is 1. The Morgan fingerprint density at radius 3 is 1.47 bits per heavy atom. The van der Waals surface area contributed by atoms with Crippen LogP contribution < -0.4 is 5.32 Å². The highest BCUT2D eigenvalue weighted by molar-refractivity contribution is 6.35. The number of carboxylic acids is 1. The van der Waals surface area contributed by atoms with Gasteiger partial charge in [0.1, 0.15) is 0 Å². The topological polar surface area (TPSA) is 119 Å². The number of ether oxygens (including phenoxy) is 2. The van der Waals surface area contributed by atoms with Gasteiger partial charge >= 0.3 is 17.9 Å². The van der Waals surface area contributed by atoms with Crippen molar-refractivity contribution in [1.29, 1.82) is 0 Å². The minimum absolute atomic E-state index is 0.0313. The highest BCUT2D eigenvalue weighted by Gasteiger charge is 2.41. The number of carbonyl (C=O) groups is 4. The first-order valence-electron chi connectivity index (χ1n) is 9.96. The van der Waals surface area contributed by atoms with E-state index in [0.717, 1.165) is 0 Å². The van der Waals surface area contributed by atoms with E-state index in [1.54, 1.807) is 0 Å². The van der Waals surface area contributed by atoms with Gasteiger partial charge < -0.3 is 19.9 Å². The van der Waals surface area contributed by atoms with Gasteiger partial charge in [-0.25, -0.2) is 14.4 Å². The molecule has 1 amide bonds. The summed E-state index contributed by atoms with van der Waals surface area (Å²) in [7, 11) is 0. The van der Waals surface area contributed by atoms with Crippen LogP contribution in [0.3, 0.4) is 0 Å². The van der Waals surface area contributed by atoms with E-state index in [1.807, 2.05) is 0 Å². The summed E-state index contributed by atoms with van der Waals surface area (Å²) < 4.78 is 10.3. The van der Waals surface area contributed by atoms with Crippen molar-refractivity contribution in [3.63, 3.8) is 0 Å². The standard InChI is InChI=1S/C24H15Cl4NO7/c25-14-5-1-12(2-6-14)23(33)35-19(21(30)29-18-10-16(27)9-17(28)11-18)20(22(31)32)36-24(34)13-3-7-15(26)8-4-13/h1-11,19-20H,(H,29,30)(H,31,32)/t19-,20-/m1/s1. The molecule has 0 aromatic heterocycles. The third-order valence-electron chi connectivity index (χ3n) is 4.53. The largest absolute Gasteiger partial charge is 0.478 e. The second kappa shape index (κ2) is 12.1. The van der Waals surface area contributed by atoms with E-state index in [9.17, 15) is 24.3 Å². The average Bonchev–Trinajstić information content (AvgIpc) is 2.81. The molecule has 0 spiro atoms. The maximum atomic E-state index is 13.1. The van der Waals surface area contributed by atoms with Crippen LogP contribution in [-0.2, 0) is 19.1 Å². The molecular weight excluding hydrogens is 556 g/mol. The highest BCUT2D eigenvalue weighted by atomic mass is 35.5. The summed E-state index contributed by atoms with van der Waals surface area (Å²) in [6, 6.07) is 14.9. The van der Waals surface area contributed by atoms with Gasteiger partial charge in [-0.2, -0.15) is 0 Å². The fourth-order valence-corrected chi connectivity index (χ4v) is 3.65. The first-order valence-corrected chi connectivity index (χ1v) is 11.5. The van der Waals surface area contributed by atoms with Crippen LogP contribution in [0, 0.1) is 0 Å². The third kappa shape index (κ3) is 7.35. The molecule has 0 saturated heterocycles. The number of benzene rings is 3. The molecule has 2 atom stereocenters. The zero-order chi connectivity index (χ0) is 26.4. The first-order chi connectivity index (χ1) is 17.0. The van der Waals surface area contributed by atoms with Gasteiger partial charge in [-0.3, -0.25) is 4.79 Å². The molecule has 12 heteroatoms. The Bertz CT molecular complexity index is 1280. The van der Waals surface area contributed by atoms with Gasteiger partial charge in [-0.1, -0.05) is 46.4 Å². The monoisotopic (exact) mass is 569 g/mol. The zero-order valence-electron chi connectivity index (χ0n) is 17.9. The molecule has 0 unspecified atom stereocenters. The second-order valence-corrected chi connectivity index (χ2v) is 8.90. The molecule has 0 aliphatic rings. The van der Waals surface area contributed by atoms with Gasteiger partial charge in [-0.15, -0.1) is 0 Å². The maximum absolute atomic E-state index is 13.1. The van der Waals surface area contributed by atoms with Crippen molar-refractivity contribution in [3.8, 4) is 0 Å². The maximum Gasteiger partial charge on any atom is 0.349 e. The summed E-state index contributed by atoms with van der Waals surface area (Å²) in [5, 5.41) is 13.2. The van der Waals surface area contributed by atoms with Crippen LogP contribution >= 0.6 is 46.4 Å². The summed E-state index contributed by atoms with van der Waals surface area (Å²) in [4.78, 5) is 50.5. The van der Waals surface area contributed by atoms with Crippen molar-refractivity contribution in [2.24, 2.45) is 0 Å². The Morgan fingerprint density at radius 1 is 0.639 bits per heavy atom. The summed E-state index contributed by atoms with van der Waals surface area (Å²) in [5.74, 6) is -5.02. The second-order valence-electron chi connectivity index (χ2n) is 7.15. The number of carbonyl (C=O) groups excluding carboxylic acids is 3. The number of hydrogen-bond acceptors (Lipinski definition) is 6. The average molecular weight is 571 g/mol. The molecule has 2 N–H and O–H groups in total. The van der Waals surface area contributed by atoms with E-state index < -0.39 is 36.0 Å². The number of esters is 2. The lowest BCUT2D eigenvalue weighted by Gasteiger charge is -2.23. The first kappa shape index (κ1) is 27.3. The fraction of sp³-hybridized carbons (Fsp3) is 0.0833. The summed E-state index contributed by atoms with van der Waals surface area (Å²) in [6.45, 7) is 0. The lowest BCUT2D eigenvalue weighted by atomic mass is 10.1. The van der Waals surface area contributed by atoms with E-state index in [0.29, 0.717) is 10.0 Å². The minimum atomic E-state index is -2.22. The van der Waals surface area contributed by atoms with Crippen molar-refractivity contribution in [2.45, 2.75) is 12.2 Å². The Balaban J connectivity index is 1.92. The van der Waals surface area contributed by atoms with Crippen LogP contribution in [0.1, 0.15) is 20.7 Å². The molecule has 0 bridgehead atoms. The number of hydrogen-bond donors (Lipinski definition) is 2. The fourth-order valence-electron chi connectivity index (χ4n) is 2.87. The Hall–Kier alpha value is -3.30. The molecule has 0 fully saturated rings. The Morgan fingerprint density at radius 2 is 1.06 bits per heavy atom. The predicted octanol–water partition coefficient (Wildman–Crippen LogP) is 5.77. The van der Waals surface area contributed by atoms with Crippen molar-refractivity contribution in [1.82, 2.24) is 0 Å². The molecular formula is C24H15Cl4NO7. The number of carboxylic acid groups (broad SMARTS) is 1. The van der Waals surface area contributed by atoms with Crippen LogP contribution in [0.4, 0.5) is 5.69 Å². The lowest BCUT2D eigenvalue weighted by Crippen LogP contribution is -2.48. The normalized spacial score (nSPS) is 12.2. The highest BCUT2D eigenvalue weighted by Crippen LogP contribution is 2.24. The molecule has 8 nitrogen and oxygen atoms in total. The van der Waals surface area contributed by atoms with Gasteiger partial charge in [0.2, 0.25) is 12.2 Å². The lowest BCUT2D eigenvalue weighted by molar-refractivity contribution is -0.157. The Kier molecular flexibility index (Phi) is 9.17. The molecule has 186 valence electrons. The van der Waals surface area contributed by atoms with Gasteiger partial charge in [-0.05, 0) is 66.7 Å². The van der Waals surface area contributed by atoms with E-state index in [-0.39, 0.29) is 26.9 Å². The third-order valence-corrected chi connectivity index (χ3v) is 5.48. The van der Waals surface area contributed by atoms with Gasteiger partial charge in [0, 0.05) is 25.8 Å². The van der Waals surface area contributed by atoms with Crippen molar-refractivity contribution >= 4 is 75.9 Å². The number of anilines is 1. The predicted molar refractivity (Wildman–Crippen MR) is 134 cm³/mol. The van der Waals surface area contributed by atoms with Crippen molar-refractivity contribution in [3.05, 3.63) is 97.9 Å². The van der Waals surface area contributed by atoms with Crippen molar-refractivity contribution < 1.29 is 33.8 Å². The summed E-state index contributed by atoms with van der Waals surface area (Å²) >= 11 is 23.5. The summed E-state index contributed by atoms with van der Waals surface area (Å²) in [6.07, 6.45) is -4.33. The Labute approximate surface area is 224 Å². The zero-order valence-corrected chi connectivity index (χ0v) is 20.9. The molecule has 3 aromatic carbocycles. The summed E-state index contributed by atoms with van der Waals surface area (Å²) in [5.41, 5.74) is 0.00448. The van der Waals surface area contributed by atoms with E-state index in [2.05, 4.69) is 5.32 Å². The number of aliphatic carboxylic acids is 1. The molecule has 0 radical (unpaired) electrons. The van der Waals surface area contributed by atoms with Crippen LogP contribution in [0.25, 0.3) is 0 Å². The van der Waals surface area contributed by atoms with Gasteiger partial charge in [0.15, 0.2) is 0 Å². The number of nitrogens with one attached hydrogen (secondary N) is 1. The van der Waals surface area contributed by atoms with Gasteiger partial charge in [0.05, 0.1) is 11.1 Å². The van der Waals surface area contributed by atoms with Crippen LogP contribution in [0.2, 0.25) is 20.1 Å². The molecule has 0 saturated carbocycles. The van der Waals surface area contributed by atoms with E-state index >= 15 is 0 Å². The molecule has 36 heavy (non-hydrogen) atoms. The molecule has 0 aliphatic carbocycles. The number of halogens is 4. The van der Waals surface area contributed by atoms with Crippen LogP contribution in [-0.4, -0.2) is 41.1 Å². The van der Waals surface area contributed by atoms with Crippen LogP contribution in [0.15, 0.2) is 66.7 Å². The van der Waals surface area contributed by atoms with E-state index in [4.69, 9.17) is 55.9 Å². The minimum Gasteiger partial charge on any atom is -0.478 e. The SMILES string of the molecule is O=C(O[C@@H](C(=O)O)[C@@H](OC(=O)c1ccc(Cl)cc1)C(=O)Nc1cc(Cl)cc(Cl)c1)c1ccc(Cl)cc1. The quantitative estimate of drug-likeness (QED) is 0.330. The molecule has 0 heterocycles. The van der Waals surface area contributed by atoms with E-state index in [1.165, 1.54) is 66.7 Å². The van der Waals surface area contributed by atoms with Crippen LogP contribution in [0.5, 0.6) is 0 Å². The molecule has 3 aromatic rings. The number of rotatable bonds is 8. The smallest absolute Gasteiger partial charge is 0.349 e. The van der Waals surface area contributed by atoms with Gasteiger partial charge in [0.25, 0.3) is 5.91 Å². The van der Waals surface area contributed by atoms with Crippen molar-refractivity contribution in [2.75, 3.05) is 5.32 Å².